The largest absolute Gasteiger partial charge is 0.359 e. The number of rotatable bonds is 1. The third-order valence-corrected chi connectivity index (χ3v) is 1.76. The summed E-state index contributed by atoms with van der Waals surface area (Å²) in [7, 11) is 0. The quantitative estimate of drug-likeness (QED) is 0.669. The lowest BCUT2D eigenvalue weighted by Crippen LogP contribution is -2.06. The van der Waals surface area contributed by atoms with Gasteiger partial charge < -0.3 is 5.73 Å². The molecule has 0 fully saturated rings. The maximum Gasteiger partial charge on any atom is 0.293 e. The summed E-state index contributed by atoms with van der Waals surface area (Å²) in [6.07, 6.45) is 3.40. The van der Waals surface area contributed by atoms with Crippen molar-refractivity contribution >= 4 is 5.91 Å². The van der Waals surface area contributed by atoms with Crippen LogP contribution in [0.3, 0.4) is 0 Å². The summed E-state index contributed by atoms with van der Waals surface area (Å²) in [6, 6.07) is 1.91. The molecule has 2 N–H and O–H groups in total. The molecule has 0 aliphatic carbocycles. The topological polar surface area (TPSA) is 56.0 Å². The number of hydrogen-bond acceptors (Lipinski definition) is 2. The second kappa shape index (κ2) is 4.43. The number of aromatic nitrogens is 1. The molecule has 0 spiro atoms. The van der Waals surface area contributed by atoms with Crippen molar-refractivity contribution in [3.63, 3.8) is 0 Å². The summed E-state index contributed by atoms with van der Waals surface area (Å²) in [6.45, 7) is 4.14. The molecule has 0 radical (unpaired) electrons. The SMILES string of the molecule is CC(C)c1cncc(C#CC(N)=O)c1. The maximum atomic E-state index is 10.4. The highest BCUT2D eigenvalue weighted by Gasteiger charge is 1.99. The van der Waals surface area contributed by atoms with Crippen molar-refractivity contribution in [3.8, 4) is 11.8 Å². The molecule has 0 bridgehead atoms. The molecule has 1 aromatic heterocycles. The van der Waals surface area contributed by atoms with Crippen LogP contribution in [-0.4, -0.2) is 10.9 Å². The Hall–Kier alpha value is -1.82. The molecule has 0 aliphatic rings. The second-order valence-electron chi connectivity index (χ2n) is 3.28. The number of carbonyl (C=O) groups excluding carboxylic acids is 1. The van der Waals surface area contributed by atoms with E-state index in [1.54, 1.807) is 12.4 Å². The minimum atomic E-state index is -0.625. The summed E-state index contributed by atoms with van der Waals surface area (Å²) in [5.74, 6) is 4.70. The van der Waals surface area contributed by atoms with Crippen molar-refractivity contribution in [2.24, 2.45) is 5.73 Å². The van der Waals surface area contributed by atoms with Gasteiger partial charge in [-0.1, -0.05) is 19.8 Å². The number of hydrogen-bond donors (Lipinski definition) is 1. The Morgan fingerprint density at radius 1 is 1.50 bits per heavy atom. The third kappa shape index (κ3) is 2.91. The van der Waals surface area contributed by atoms with E-state index in [0.29, 0.717) is 5.92 Å². The van der Waals surface area contributed by atoms with Crippen LogP contribution in [0.2, 0.25) is 0 Å². The zero-order chi connectivity index (χ0) is 10.6. The lowest BCUT2D eigenvalue weighted by Gasteiger charge is -2.03. The lowest BCUT2D eigenvalue weighted by molar-refractivity contribution is -0.112. The molecular formula is C11H12N2O. The Morgan fingerprint density at radius 3 is 2.79 bits per heavy atom. The zero-order valence-corrected chi connectivity index (χ0v) is 8.24. The van der Waals surface area contributed by atoms with E-state index in [2.05, 4.69) is 30.7 Å². The molecule has 3 heteroatoms. The van der Waals surface area contributed by atoms with E-state index in [0.717, 1.165) is 11.1 Å². The molecule has 1 amide bonds. The molecule has 1 rings (SSSR count). The number of carbonyl (C=O) groups is 1. The molecule has 72 valence electrons. The van der Waals surface area contributed by atoms with Crippen molar-refractivity contribution in [1.29, 1.82) is 0 Å². The standard InChI is InChI=1S/C11H12N2O/c1-8(2)10-5-9(6-13-7-10)3-4-11(12)14/h5-8H,1-2H3,(H2,12,14). The Bertz CT molecular complexity index is 399. The summed E-state index contributed by atoms with van der Waals surface area (Å²) < 4.78 is 0. The Morgan fingerprint density at radius 2 is 2.21 bits per heavy atom. The van der Waals surface area contributed by atoms with Gasteiger partial charge in [0.15, 0.2) is 0 Å². The van der Waals surface area contributed by atoms with E-state index >= 15 is 0 Å². The van der Waals surface area contributed by atoms with Gasteiger partial charge in [-0.05, 0) is 17.5 Å². The van der Waals surface area contributed by atoms with Crippen LogP contribution in [0.4, 0.5) is 0 Å². The van der Waals surface area contributed by atoms with Gasteiger partial charge in [-0.2, -0.15) is 0 Å². The molecule has 1 heterocycles. The molecule has 0 atom stereocenters. The first kappa shape index (κ1) is 10.3. The normalized spacial score (nSPS) is 9.36. The van der Waals surface area contributed by atoms with Crippen LogP contribution in [0.15, 0.2) is 18.5 Å². The Labute approximate surface area is 83.3 Å². The van der Waals surface area contributed by atoms with Crippen LogP contribution in [0, 0.1) is 11.8 Å². The van der Waals surface area contributed by atoms with E-state index in [4.69, 9.17) is 5.73 Å². The van der Waals surface area contributed by atoms with E-state index in [1.165, 1.54) is 0 Å². The minimum Gasteiger partial charge on any atom is -0.359 e. The average Bonchev–Trinajstić information content (AvgIpc) is 2.15. The Balaban J connectivity index is 2.96. The first-order chi connectivity index (χ1) is 6.59. The van der Waals surface area contributed by atoms with Crippen molar-refractivity contribution in [3.05, 3.63) is 29.6 Å². The molecule has 0 saturated carbocycles. The monoisotopic (exact) mass is 188 g/mol. The van der Waals surface area contributed by atoms with E-state index < -0.39 is 5.91 Å². The van der Waals surface area contributed by atoms with Crippen molar-refractivity contribution in [2.75, 3.05) is 0 Å². The van der Waals surface area contributed by atoms with Gasteiger partial charge in [0.05, 0.1) is 0 Å². The Kier molecular flexibility index (Phi) is 3.24. The van der Waals surface area contributed by atoms with Gasteiger partial charge in [0, 0.05) is 23.9 Å². The molecule has 0 aliphatic heterocycles. The van der Waals surface area contributed by atoms with Crippen LogP contribution >= 0.6 is 0 Å². The van der Waals surface area contributed by atoms with Gasteiger partial charge in [-0.3, -0.25) is 9.78 Å². The zero-order valence-electron chi connectivity index (χ0n) is 8.24. The van der Waals surface area contributed by atoms with Crippen LogP contribution in [0.25, 0.3) is 0 Å². The second-order valence-corrected chi connectivity index (χ2v) is 3.28. The fourth-order valence-corrected chi connectivity index (χ4v) is 0.976. The predicted octanol–water partition coefficient (Wildman–Crippen LogP) is 1.04. The van der Waals surface area contributed by atoms with Gasteiger partial charge in [-0.15, -0.1) is 0 Å². The van der Waals surface area contributed by atoms with Gasteiger partial charge >= 0.3 is 0 Å². The summed E-state index contributed by atoms with van der Waals surface area (Å²) >= 11 is 0. The number of nitrogens with zero attached hydrogens (tertiary/aromatic N) is 1. The fourth-order valence-electron chi connectivity index (χ4n) is 0.976. The van der Waals surface area contributed by atoms with Gasteiger partial charge in [-0.25, -0.2) is 0 Å². The fraction of sp³-hybridized carbons (Fsp3) is 0.273. The molecule has 0 aromatic carbocycles. The lowest BCUT2D eigenvalue weighted by atomic mass is 10.0. The molecule has 3 nitrogen and oxygen atoms in total. The van der Waals surface area contributed by atoms with Crippen molar-refractivity contribution in [2.45, 2.75) is 19.8 Å². The van der Waals surface area contributed by atoms with E-state index in [9.17, 15) is 4.79 Å². The first-order valence-corrected chi connectivity index (χ1v) is 4.36. The summed E-state index contributed by atoms with van der Waals surface area (Å²) in [4.78, 5) is 14.4. The summed E-state index contributed by atoms with van der Waals surface area (Å²) in [5, 5.41) is 0. The number of primary amides is 1. The molecular weight excluding hydrogens is 176 g/mol. The van der Waals surface area contributed by atoms with Gasteiger partial charge in [0.1, 0.15) is 0 Å². The van der Waals surface area contributed by atoms with Crippen LogP contribution < -0.4 is 5.73 Å². The first-order valence-electron chi connectivity index (χ1n) is 4.36. The summed E-state index contributed by atoms with van der Waals surface area (Å²) in [5.41, 5.74) is 6.72. The highest BCUT2D eigenvalue weighted by molar-refractivity contribution is 5.92. The molecule has 14 heavy (non-hydrogen) atoms. The molecule has 0 saturated heterocycles. The molecule has 0 unspecified atom stereocenters. The minimum absolute atomic E-state index is 0.401. The van der Waals surface area contributed by atoms with E-state index in [1.807, 2.05) is 6.07 Å². The molecule has 1 aromatic rings. The number of pyridine rings is 1. The van der Waals surface area contributed by atoms with Crippen molar-refractivity contribution < 1.29 is 4.79 Å². The number of nitrogens with two attached hydrogens (primary N) is 1. The smallest absolute Gasteiger partial charge is 0.293 e. The maximum absolute atomic E-state index is 10.4. The highest BCUT2D eigenvalue weighted by Crippen LogP contribution is 2.13. The van der Waals surface area contributed by atoms with Crippen LogP contribution in [0.5, 0.6) is 0 Å². The van der Waals surface area contributed by atoms with Crippen LogP contribution in [0.1, 0.15) is 30.9 Å². The third-order valence-electron chi connectivity index (χ3n) is 1.76. The van der Waals surface area contributed by atoms with Crippen molar-refractivity contribution in [1.82, 2.24) is 4.98 Å². The number of amides is 1. The van der Waals surface area contributed by atoms with Gasteiger partial charge in [0.2, 0.25) is 0 Å². The van der Waals surface area contributed by atoms with Gasteiger partial charge in [0.25, 0.3) is 5.91 Å². The predicted molar refractivity (Wildman–Crippen MR) is 54.4 cm³/mol. The average molecular weight is 188 g/mol. The van der Waals surface area contributed by atoms with Crippen LogP contribution in [-0.2, 0) is 4.79 Å². The highest BCUT2D eigenvalue weighted by atomic mass is 16.1. The van der Waals surface area contributed by atoms with E-state index in [-0.39, 0.29) is 0 Å².